The van der Waals surface area contributed by atoms with Crippen molar-refractivity contribution in [2.24, 2.45) is 0 Å². The van der Waals surface area contributed by atoms with E-state index in [2.05, 4.69) is 0 Å². The number of hydrogen-bond acceptors (Lipinski definition) is 2. The number of halogens is 2. The molecule has 0 radical (unpaired) electrons. The lowest BCUT2D eigenvalue weighted by molar-refractivity contribution is -0.117. The fourth-order valence-electron chi connectivity index (χ4n) is 1.74. The zero-order valence-corrected chi connectivity index (χ0v) is 10.2. The molecule has 86 valence electrons. The molecule has 0 aliphatic carbocycles. The average molecular weight is 260 g/mol. The Balaban J connectivity index is 2.40. The first-order chi connectivity index (χ1) is 7.61. The zero-order chi connectivity index (χ0) is 11.7. The van der Waals surface area contributed by atoms with Crippen molar-refractivity contribution in [3.05, 3.63) is 24.3 Å². The molecular weight excluding hydrogens is 249 g/mol. The summed E-state index contributed by atoms with van der Waals surface area (Å²) in [6, 6.07) is 7.27. The molecule has 1 aromatic rings. The fraction of sp³-hybridized carbons (Fsp3) is 0.364. The minimum Gasteiger partial charge on any atom is -0.489 e. The summed E-state index contributed by atoms with van der Waals surface area (Å²) in [4.78, 5) is 12.4. The minimum atomic E-state index is -1.05. The Morgan fingerprint density at radius 1 is 1.50 bits per heavy atom. The van der Waals surface area contributed by atoms with E-state index in [1.54, 1.807) is 4.90 Å². The molecule has 1 unspecified atom stereocenters. The summed E-state index contributed by atoms with van der Waals surface area (Å²) in [5.74, 6) is 0.370. The van der Waals surface area contributed by atoms with Crippen molar-refractivity contribution in [2.75, 3.05) is 11.5 Å². The van der Waals surface area contributed by atoms with Gasteiger partial charge in [0.2, 0.25) is 0 Å². The maximum absolute atomic E-state index is 11.9. The molecule has 0 N–H and O–H groups in total. The number of anilines is 1. The maximum atomic E-state index is 11.9. The molecule has 1 aliphatic rings. The number of benzene rings is 1. The topological polar surface area (TPSA) is 29.5 Å². The van der Waals surface area contributed by atoms with Gasteiger partial charge in [-0.15, -0.1) is 0 Å². The second-order valence-electron chi connectivity index (χ2n) is 3.64. The Bertz CT molecular complexity index is 409. The van der Waals surface area contributed by atoms with Gasteiger partial charge in [-0.25, -0.2) is 0 Å². The standard InChI is InChI=1S/C11H11Cl2NO2/c1-7-6-16-9-5-3-2-4-8(9)14(7)11(15)10(12)13/h2-5,7,10H,6H2,1H3. The van der Waals surface area contributed by atoms with Crippen LogP contribution in [-0.4, -0.2) is 23.4 Å². The first-order valence-corrected chi connectivity index (χ1v) is 5.81. The van der Waals surface area contributed by atoms with Crippen LogP contribution in [0.15, 0.2) is 24.3 Å². The number of hydrogen-bond donors (Lipinski definition) is 0. The van der Waals surface area contributed by atoms with Gasteiger partial charge in [0.05, 0.1) is 11.7 Å². The summed E-state index contributed by atoms with van der Waals surface area (Å²) in [6.07, 6.45) is 0. The fourth-order valence-corrected chi connectivity index (χ4v) is 1.95. The third-order valence-corrected chi connectivity index (χ3v) is 2.84. The number of carbonyl (C=O) groups excluding carboxylic acids is 1. The summed E-state index contributed by atoms with van der Waals surface area (Å²) >= 11 is 11.3. The molecular formula is C11H11Cl2NO2. The van der Waals surface area contributed by atoms with Crippen LogP contribution >= 0.6 is 23.2 Å². The van der Waals surface area contributed by atoms with E-state index in [1.807, 2.05) is 31.2 Å². The van der Waals surface area contributed by atoms with E-state index >= 15 is 0 Å². The van der Waals surface area contributed by atoms with E-state index in [-0.39, 0.29) is 11.9 Å². The van der Waals surface area contributed by atoms with Crippen molar-refractivity contribution in [3.8, 4) is 5.75 Å². The molecule has 0 aromatic heterocycles. The van der Waals surface area contributed by atoms with Crippen molar-refractivity contribution >= 4 is 34.8 Å². The molecule has 0 saturated carbocycles. The highest BCUT2D eigenvalue weighted by atomic mass is 35.5. The lowest BCUT2D eigenvalue weighted by Gasteiger charge is -2.35. The van der Waals surface area contributed by atoms with Gasteiger partial charge in [0.15, 0.2) is 4.84 Å². The van der Waals surface area contributed by atoms with Crippen molar-refractivity contribution in [1.82, 2.24) is 0 Å². The van der Waals surface area contributed by atoms with Crippen molar-refractivity contribution in [2.45, 2.75) is 17.8 Å². The van der Waals surface area contributed by atoms with Crippen LogP contribution in [0.4, 0.5) is 5.69 Å². The van der Waals surface area contributed by atoms with Gasteiger partial charge in [-0.1, -0.05) is 35.3 Å². The Hall–Kier alpha value is -0.930. The molecule has 0 spiro atoms. The largest absolute Gasteiger partial charge is 0.489 e. The number of nitrogens with zero attached hydrogens (tertiary/aromatic N) is 1. The lowest BCUT2D eigenvalue weighted by atomic mass is 10.1. The quantitative estimate of drug-likeness (QED) is 0.726. The number of ether oxygens (including phenoxy) is 1. The van der Waals surface area contributed by atoms with Crippen LogP contribution in [0.1, 0.15) is 6.92 Å². The van der Waals surface area contributed by atoms with E-state index in [4.69, 9.17) is 27.9 Å². The van der Waals surface area contributed by atoms with Gasteiger partial charge in [0.25, 0.3) is 5.91 Å². The summed E-state index contributed by atoms with van der Waals surface area (Å²) in [5.41, 5.74) is 0.720. The Morgan fingerprint density at radius 3 is 2.88 bits per heavy atom. The van der Waals surface area contributed by atoms with E-state index < -0.39 is 4.84 Å². The van der Waals surface area contributed by atoms with Gasteiger partial charge in [-0.3, -0.25) is 4.79 Å². The highest BCUT2D eigenvalue weighted by molar-refractivity contribution is 6.54. The van der Waals surface area contributed by atoms with E-state index in [0.29, 0.717) is 12.4 Å². The maximum Gasteiger partial charge on any atom is 0.260 e. The number of rotatable bonds is 1. The molecule has 5 heteroatoms. The van der Waals surface area contributed by atoms with Gasteiger partial charge >= 0.3 is 0 Å². The second kappa shape index (κ2) is 4.52. The van der Waals surface area contributed by atoms with Gasteiger partial charge in [-0.2, -0.15) is 0 Å². The van der Waals surface area contributed by atoms with Crippen molar-refractivity contribution in [3.63, 3.8) is 0 Å². The number of para-hydroxylation sites is 2. The molecule has 1 amide bonds. The normalized spacial score (nSPS) is 19.2. The summed E-state index contributed by atoms with van der Waals surface area (Å²) in [6.45, 7) is 2.34. The van der Waals surface area contributed by atoms with Crippen LogP contribution in [-0.2, 0) is 4.79 Å². The summed E-state index contributed by atoms with van der Waals surface area (Å²) in [7, 11) is 0. The second-order valence-corrected chi connectivity index (χ2v) is 4.73. The molecule has 0 fully saturated rings. The van der Waals surface area contributed by atoms with Crippen molar-refractivity contribution < 1.29 is 9.53 Å². The smallest absolute Gasteiger partial charge is 0.260 e. The molecule has 1 aromatic carbocycles. The molecule has 2 rings (SSSR count). The minimum absolute atomic E-state index is 0.0672. The van der Waals surface area contributed by atoms with Crippen molar-refractivity contribution in [1.29, 1.82) is 0 Å². The van der Waals surface area contributed by atoms with E-state index in [9.17, 15) is 4.79 Å². The highest BCUT2D eigenvalue weighted by Crippen LogP contribution is 2.34. The Labute approximate surface area is 104 Å². The third-order valence-electron chi connectivity index (χ3n) is 2.47. The van der Waals surface area contributed by atoms with Crippen LogP contribution in [0.25, 0.3) is 0 Å². The number of fused-ring (bicyclic) bond motifs is 1. The third kappa shape index (κ3) is 1.97. The molecule has 0 bridgehead atoms. The van der Waals surface area contributed by atoms with E-state index in [0.717, 1.165) is 5.69 Å². The Kier molecular flexibility index (Phi) is 3.26. The first-order valence-electron chi connectivity index (χ1n) is 4.94. The van der Waals surface area contributed by atoms with Crippen LogP contribution in [0.5, 0.6) is 5.75 Å². The van der Waals surface area contributed by atoms with Crippen LogP contribution in [0.3, 0.4) is 0 Å². The molecule has 1 aliphatic heterocycles. The van der Waals surface area contributed by atoms with Crippen LogP contribution in [0, 0.1) is 0 Å². The summed E-state index contributed by atoms with van der Waals surface area (Å²) < 4.78 is 5.52. The molecule has 1 heterocycles. The van der Waals surface area contributed by atoms with Gasteiger partial charge in [-0.05, 0) is 19.1 Å². The summed E-state index contributed by atoms with van der Waals surface area (Å²) in [5, 5.41) is 0. The SMILES string of the molecule is CC1COc2ccccc2N1C(=O)C(Cl)Cl. The molecule has 16 heavy (non-hydrogen) atoms. The van der Waals surface area contributed by atoms with Gasteiger partial charge in [0.1, 0.15) is 12.4 Å². The van der Waals surface area contributed by atoms with Crippen LogP contribution in [0.2, 0.25) is 0 Å². The molecule has 1 atom stereocenters. The Morgan fingerprint density at radius 2 is 2.19 bits per heavy atom. The molecule has 3 nitrogen and oxygen atoms in total. The predicted octanol–water partition coefficient (Wildman–Crippen LogP) is 2.60. The number of amides is 1. The first kappa shape index (κ1) is 11.6. The van der Waals surface area contributed by atoms with Gasteiger partial charge in [0, 0.05) is 0 Å². The molecule has 0 saturated heterocycles. The monoisotopic (exact) mass is 259 g/mol. The number of alkyl halides is 2. The average Bonchev–Trinajstić information content (AvgIpc) is 2.28. The van der Waals surface area contributed by atoms with Crippen LogP contribution < -0.4 is 9.64 Å². The van der Waals surface area contributed by atoms with Gasteiger partial charge < -0.3 is 9.64 Å². The highest BCUT2D eigenvalue weighted by Gasteiger charge is 2.31. The van der Waals surface area contributed by atoms with E-state index in [1.165, 1.54) is 0 Å². The predicted molar refractivity (Wildman–Crippen MR) is 64.4 cm³/mol. The number of carbonyl (C=O) groups is 1. The zero-order valence-electron chi connectivity index (χ0n) is 8.69. The lowest BCUT2D eigenvalue weighted by Crippen LogP contribution is -2.47.